The molecule has 0 spiro atoms. The molecule has 1 aliphatic heterocycles. The Morgan fingerprint density at radius 3 is 2.74 bits per heavy atom. The summed E-state index contributed by atoms with van der Waals surface area (Å²) in [7, 11) is 0. The van der Waals surface area contributed by atoms with Gasteiger partial charge in [-0.2, -0.15) is 0 Å². The Kier molecular flexibility index (Phi) is 5.58. The van der Waals surface area contributed by atoms with Gasteiger partial charge in [0.15, 0.2) is 5.76 Å². The third-order valence-electron chi connectivity index (χ3n) is 4.57. The van der Waals surface area contributed by atoms with Crippen molar-refractivity contribution in [2.75, 3.05) is 6.54 Å². The number of nitrogens with zero attached hydrogens (tertiary/aromatic N) is 2. The summed E-state index contributed by atoms with van der Waals surface area (Å²) in [6.45, 7) is 6.41. The Bertz CT molecular complexity index is 816. The molecule has 3 rings (SSSR count). The van der Waals surface area contributed by atoms with Gasteiger partial charge in [-0.15, -0.1) is 0 Å². The molecule has 1 aliphatic rings. The molecule has 2 atom stereocenters. The van der Waals surface area contributed by atoms with Crippen molar-refractivity contribution in [2.24, 2.45) is 5.92 Å². The molecule has 1 N–H and O–H groups in total. The molecule has 2 heterocycles. The number of rotatable bonds is 5. The number of amides is 2. The third-order valence-corrected chi connectivity index (χ3v) is 4.57. The maximum absolute atomic E-state index is 13.0. The summed E-state index contributed by atoms with van der Waals surface area (Å²) < 4.78 is 18.3. The van der Waals surface area contributed by atoms with Gasteiger partial charge in [-0.1, -0.05) is 19.0 Å². The van der Waals surface area contributed by atoms with E-state index in [0.717, 1.165) is 0 Å². The fourth-order valence-electron chi connectivity index (χ4n) is 3.31. The first-order valence-electron chi connectivity index (χ1n) is 9.15. The van der Waals surface area contributed by atoms with Crippen LogP contribution >= 0.6 is 0 Å². The van der Waals surface area contributed by atoms with Crippen LogP contribution in [0.4, 0.5) is 4.39 Å². The molecule has 2 aromatic rings. The number of piperazine rings is 1. The average molecular weight is 373 g/mol. The molecule has 0 bridgehead atoms. The lowest BCUT2D eigenvalue weighted by Gasteiger charge is -2.39. The van der Waals surface area contributed by atoms with Gasteiger partial charge in [0.25, 0.3) is 0 Å². The first kappa shape index (κ1) is 19.1. The predicted octanol–water partition coefficient (Wildman–Crippen LogP) is 2.78. The predicted molar refractivity (Wildman–Crippen MR) is 98.2 cm³/mol. The minimum absolute atomic E-state index is 0.0549. The van der Waals surface area contributed by atoms with Crippen LogP contribution in [0.3, 0.4) is 0 Å². The minimum atomic E-state index is -0.461. The van der Waals surface area contributed by atoms with Crippen LogP contribution in [-0.2, 0) is 16.0 Å². The minimum Gasteiger partial charge on any atom is -0.356 e. The van der Waals surface area contributed by atoms with Gasteiger partial charge >= 0.3 is 0 Å². The molecule has 7 heteroatoms. The molecule has 0 radical (unpaired) electrons. The van der Waals surface area contributed by atoms with Crippen molar-refractivity contribution in [3.63, 3.8) is 0 Å². The molecular weight excluding hydrogens is 349 g/mol. The van der Waals surface area contributed by atoms with E-state index in [1.165, 1.54) is 12.1 Å². The van der Waals surface area contributed by atoms with E-state index in [1.54, 1.807) is 23.1 Å². The largest absolute Gasteiger partial charge is 0.356 e. The van der Waals surface area contributed by atoms with Gasteiger partial charge in [-0.25, -0.2) is 4.39 Å². The lowest BCUT2D eigenvalue weighted by Crippen LogP contribution is -2.61. The summed E-state index contributed by atoms with van der Waals surface area (Å²) in [6.07, 6.45) is 0.670. The zero-order valence-electron chi connectivity index (χ0n) is 15.7. The highest BCUT2D eigenvalue weighted by molar-refractivity contribution is 5.89. The van der Waals surface area contributed by atoms with Crippen LogP contribution in [0.15, 0.2) is 34.9 Å². The second kappa shape index (κ2) is 7.90. The molecule has 1 aromatic carbocycles. The van der Waals surface area contributed by atoms with Crippen molar-refractivity contribution in [1.29, 1.82) is 0 Å². The van der Waals surface area contributed by atoms with Crippen LogP contribution < -0.4 is 5.32 Å². The Hall–Kier alpha value is -2.70. The monoisotopic (exact) mass is 373 g/mol. The van der Waals surface area contributed by atoms with E-state index in [-0.39, 0.29) is 30.1 Å². The quantitative estimate of drug-likeness (QED) is 0.874. The summed E-state index contributed by atoms with van der Waals surface area (Å²) in [5.74, 6) is 0.175. The van der Waals surface area contributed by atoms with Gasteiger partial charge in [-0.05, 0) is 43.5 Å². The summed E-state index contributed by atoms with van der Waals surface area (Å²) in [4.78, 5) is 26.9. The first-order chi connectivity index (χ1) is 12.8. The van der Waals surface area contributed by atoms with E-state index < -0.39 is 6.04 Å². The standard InChI is InChI=1S/C20H24FN3O3/c1-12(2)8-17-20(26)22-13(3)11-24(17)19(25)10-16-9-18(27-23-16)14-4-6-15(21)7-5-14/h4-7,9,12-13,17H,8,10-11H2,1-3H3,(H,22,26). The van der Waals surface area contributed by atoms with E-state index in [4.69, 9.17) is 4.52 Å². The van der Waals surface area contributed by atoms with Gasteiger partial charge < -0.3 is 14.7 Å². The molecule has 0 saturated carbocycles. The highest BCUT2D eigenvalue weighted by Crippen LogP contribution is 2.22. The number of benzene rings is 1. The molecule has 144 valence electrons. The first-order valence-corrected chi connectivity index (χ1v) is 9.15. The van der Waals surface area contributed by atoms with Crippen molar-refractivity contribution in [2.45, 2.75) is 45.7 Å². The summed E-state index contributed by atoms with van der Waals surface area (Å²) in [5, 5.41) is 6.87. The Balaban J connectivity index is 1.73. The maximum Gasteiger partial charge on any atom is 0.243 e. The van der Waals surface area contributed by atoms with Crippen LogP contribution in [0.5, 0.6) is 0 Å². The molecule has 1 fully saturated rings. The topological polar surface area (TPSA) is 75.4 Å². The fraction of sp³-hybridized carbons (Fsp3) is 0.450. The molecule has 6 nitrogen and oxygen atoms in total. The molecule has 0 aliphatic carbocycles. The van der Waals surface area contributed by atoms with E-state index in [1.807, 2.05) is 20.8 Å². The van der Waals surface area contributed by atoms with E-state index in [9.17, 15) is 14.0 Å². The van der Waals surface area contributed by atoms with Crippen molar-refractivity contribution in [1.82, 2.24) is 15.4 Å². The second-order valence-corrected chi connectivity index (χ2v) is 7.47. The van der Waals surface area contributed by atoms with Crippen LogP contribution in [0.25, 0.3) is 11.3 Å². The maximum atomic E-state index is 13.0. The molecule has 27 heavy (non-hydrogen) atoms. The average Bonchev–Trinajstić information content (AvgIpc) is 3.05. The lowest BCUT2D eigenvalue weighted by atomic mass is 9.98. The summed E-state index contributed by atoms with van der Waals surface area (Å²) in [6, 6.07) is 7.00. The zero-order chi connectivity index (χ0) is 19.6. The van der Waals surface area contributed by atoms with Gasteiger partial charge in [0.2, 0.25) is 11.8 Å². The van der Waals surface area contributed by atoms with E-state index in [0.29, 0.717) is 35.9 Å². The van der Waals surface area contributed by atoms with Crippen LogP contribution in [0, 0.1) is 11.7 Å². The van der Waals surface area contributed by atoms with Gasteiger partial charge in [0, 0.05) is 24.2 Å². The number of carbonyl (C=O) groups excluding carboxylic acids is 2. The highest BCUT2D eigenvalue weighted by Gasteiger charge is 2.36. The fourth-order valence-corrected chi connectivity index (χ4v) is 3.31. The number of hydrogen-bond acceptors (Lipinski definition) is 4. The van der Waals surface area contributed by atoms with Crippen LogP contribution in [0.1, 0.15) is 32.9 Å². The SMILES string of the molecule is CC(C)CC1C(=O)NC(C)CN1C(=O)Cc1cc(-c2ccc(F)cc2)on1. The van der Waals surface area contributed by atoms with Gasteiger partial charge in [0.05, 0.1) is 12.1 Å². The third kappa shape index (κ3) is 4.53. The van der Waals surface area contributed by atoms with Crippen molar-refractivity contribution in [3.05, 3.63) is 41.8 Å². The van der Waals surface area contributed by atoms with E-state index >= 15 is 0 Å². The van der Waals surface area contributed by atoms with Crippen molar-refractivity contribution < 1.29 is 18.5 Å². The molecule has 1 aromatic heterocycles. The number of carbonyl (C=O) groups is 2. The smallest absolute Gasteiger partial charge is 0.243 e. The number of nitrogens with one attached hydrogen (secondary N) is 1. The molecule has 1 saturated heterocycles. The molecule has 2 unspecified atom stereocenters. The van der Waals surface area contributed by atoms with Crippen LogP contribution in [0.2, 0.25) is 0 Å². The Morgan fingerprint density at radius 1 is 1.37 bits per heavy atom. The Labute approximate surface area is 157 Å². The van der Waals surface area contributed by atoms with Crippen molar-refractivity contribution in [3.8, 4) is 11.3 Å². The van der Waals surface area contributed by atoms with Gasteiger partial charge in [-0.3, -0.25) is 9.59 Å². The Morgan fingerprint density at radius 2 is 2.07 bits per heavy atom. The highest BCUT2D eigenvalue weighted by atomic mass is 19.1. The van der Waals surface area contributed by atoms with Gasteiger partial charge in [0.1, 0.15) is 11.9 Å². The second-order valence-electron chi connectivity index (χ2n) is 7.47. The van der Waals surface area contributed by atoms with E-state index in [2.05, 4.69) is 10.5 Å². The number of hydrogen-bond donors (Lipinski definition) is 1. The molecule has 2 amide bonds. The number of aromatic nitrogens is 1. The lowest BCUT2D eigenvalue weighted by molar-refractivity contribution is -0.144. The normalized spacial score (nSPS) is 20.0. The van der Waals surface area contributed by atoms with Crippen LogP contribution in [-0.4, -0.2) is 40.5 Å². The zero-order valence-corrected chi connectivity index (χ0v) is 15.7. The summed E-state index contributed by atoms with van der Waals surface area (Å²) >= 11 is 0. The summed E-state index contributed by atoms with van der Waals surface area (Å²) in [5.41, 5.74) is 1.17. The van der Waals surface area contributed by atoms with Crippen molar-refractivity contribution >= 4 is 11.8 Å². The number of halogens is 1. The molecular formula is C20H24FN3O3.